The SMILES string of the molecule is Cc1ccc(N(C)c2c3ccccc3c(-c3cc(-c4c5ccccc5cc5ccccc45)cc(-c4c5ccccc5c(N(C)c5ccc(C)cc5)c5ccccc45)c3)c3ccccc23)cc1. The Hall–Kier alpha value is -8.20. The molecule has 0 saturated carbocycles. The summed E-state index contributed by atoms with van der Waals surface area (Å²) in [4.78, 5) is 4.73. The molecule has 12 aromatic carbocycles. The summed E-state index contributed by atoms with van der Waals surface area (Å²) in [6, 6.07) is 81.3. The van der Waals surface area contributed by atoms with Gasteiger partial charge in [0.2, 0.25) is 0 Å². The summed E-state index contributed by atoms with van der Waals surface area (Å²) in [5.41, 5.74) is 14.5. The van der Waals surface area contributed by atoms with Crippen LogP contribution in [0, 0.1) is 13.8 Å². The molecule has 2 heteroatoms. The molecular weight excluding hydrogens is 797 g/mol. The summed E-state index contributed by atoms with van der Waals surface area (Å²) >= 11 is 0. The van der Waals surface area contributed by atoms with Gasteiger partial charge in [-0.2, -0.15) is 0 Å². The standard InChI is InChI=1S/C64H48N2/c1-41-29-33-48(34-30-41)65(3)63-56-25-13-9-21-52(56)61(53-22-10-14-26-57(53)63)46-38-45(60-50-19-7-5-17-43(50)37-44-18-6-8-20-51(44)60)39-47(40-46)62-54-23-11-15-27-58(54)64(59-28-16-12-24-55(59)62)66(4)49-35-31-42(2)32-36-49/h5-40H,1-4H3. The summed E-state index contributed by atoms with van der Waals surface area (Å²) < 4.78 is 0. The van der Waals surface area contributed by atoms with Gasteiger partial charge in [-0.25, -0.2) is 0 Å². The van der Waals surface area contributed by atoms with E-state index in [4.69, 9.17) is 0 Å². The predicted octanol–water partition coefficient (Wildman–Crippen LogP) is 17.8. The molecular formula is C64H48N2. The molecule has 0 bridgehead atoms. The lowest BCUT2D eigenvalue weighted by Gasteiger charge is -2.27. The smallest absolute Gasteiger partial charge is 0.0567 e. The van der Waals surface area contributed by atoms with Gasteiger partial charge in [-0.05, 0) is 139 Å². The number of anilines is 4. The molecule has 0 N–H and O–H groups in total. The van der Waals surface area contributed by atoms with Crippen molar-refractivity contribution in [3.05, 3.63) is 230 Å². The first-order valence-corrected chi connectivity index (χ1v) is 23.0. The van der Waals surface area contributed by atoms with Crippen LogP contribution in [-0.4, -0.2) is 14.1 Å². The van der Waals surface area contributed by atoms with E-state index in [0.29, 0.717) is 0 Å². The van der Waals surface area contributed by atoms with Crippen molar-refractivity contribution in [2.45, 2.75) is 13.8 Å². The van der Waals surface area contributed by atoms with Gasteiger partial charge in [-0.1, -0.05) is 181 Å². The van der Waals surface area contributed by atoms with Gasteiger partial charge in [0.15, 0.2) is 0 Å². The van der Waals surface area contributed by atoms with Gasteiger partial charge in [0.25, 0.3) is 0 Å². The van der Waals surface area contributed by atoms with E-state index in [9.17, 15) is 0 Å². The van der Waals surface area contributed by atoms with Gasteiger partial charge in [-0.15, -0.1) is 0 Å². The Kier molecular flexibility index (Phi) is 9.43. The van der Waals surface area contributed by atoms with Crippen molar-refractivity contribution in [3.63, 3.8) is 0 Å². The fourth-order valence-corrected chi connectivity index (χ4v) is 10.7. The number of rotatable bonds is 7. The first kappa shape index (κ1) is 39.4. The average Bonchev–Trinajstić information content (AvgIpc) is 3.36. The fraction of sp³-hybridized carbons (Fsp3) is 0.0625. The number of aryl methyl sites for hydroxylation is 2. The lowest BCUT2D eigenvalue weighted by Crippen LogP contribution is -2.11. The van der Waals surface area contributed by atoms with E-state index >= 15 is 0 Å². The molecule has 0 heterocycles. The van der Waals surface area contributed by atoms with E-state index in [1.165, 1.54) is 121 Å². The maximum Gasteiger partial charge on any atom is 0.0567 e. The molecule has 0 saturated heterocycles. The van der Waals surface area contributed by atoms with Crippen molar-refractivity contribution in [3.8, 4) is 33.4 Å². The van der Waals surface area contributed by atoms with E-state index in [-0.39, 0.29) is 0 Å². The van der Waals surface area contributed by atoms with E-state index in [1.807, 2.05) is 0 Å². The molecule has 0 fully saturated rings. The number of fused-ring (bicyclic) bond motifs is 6. The monoisotopic (exact) mass is 844 g/mol. The highest BCUT2D eigenvalue weighted by Crippen LogP contribution is 2.50. The van der Waals surface area contributed by atoms with Gasteiger partial charge in [0.05, 0.1) is 11.4 Å². The van der Waals surface area contributed by atoms with E-state index < -0.39 is 0 Å². The molecule has 12 rings (SSSR count). The van der Waals surface area contributed by atoms with E-state index in [1.54, 1.807) is 0 Å². The molecule has 2 nitrogen and oxygen atoms in total. The average molecular weight is 845 g/mol. The normalized spacial score (nSPS) is 11.6. The van der Waals surface area contributed by atoms with Crippen molar-refractivity contribution >= 4 is 87.4 Å². The van der Waals surface area contributed by atoms with Crippen LogP contribution in [-0.2, 0) is 0 Å². The lowest BCUT2D eigenvalue weighted by atomic mass is 9.83. The van der Waals surface area contributed by atoms with Crippen LogP contribution in [0.1, 0.15) is 11.1 Å². The maximum atomic E-state index is 2.48. The Bertz CT molecular complexity index is 3500. The lowest BCUT2D eigenvalue weighted by molar-refractivity contribution is 1.23. The third kappa shape index (κ3) is 6.40. The predicted molar refractivity (Wildman–Crippen MR) is 286 cm³/mol. The van der Waals surface area contributed by atoms with Gasteiger partial charge in [0.1, 0.15) is 0 Å². The molecule has 0 spiro atoms. The summed E-state index contributed by atoms with van der Waals surface area (Å²) in [5.74, 6) is 0. The Morgan fingerprint density at radius 3 is 0.833 bits per heavy atom. The Labute approximate surface area is 386 Å². The largest absolute Gasteiger partial charge is 0.344 e. The second kappa shape index (κ2) is 15.8. The van der Waals surface area contributed by atoms with Crippen molar-refractivity contribution in [2.75, 3.05) is 23.9 Å². The molecule has 0 aliphatic heterocycles. The van der Waals surface area contributed by atoms with Crippen LogP contribution in [0.5, 0.6) is 0 Å². The van der Waals surface area contributed by atoms with Crippen LogP contribution in [0.2, 0.25) is 0 Å². The highest BCUT2D eigenvalue weighted by atomic mass is 15.1. The summed E-state index contributed by atoms with van der Waals surface area (Å²) in [6.07, 6.45) is 0. The Morgan fingerprint density at radius 2 is 0.515 bits per heavy atom. The summed E-state index contributed by atoms with van der Waals surface area (Å²) in [6.45, 7) is 4.30. The topological polar surface area (TPSA) is 6.48 Å². The molecule has 0 aliphatic carbocycles. The number of benzene rings is 12. The molecule has 12 aromatic rings. The van der Waals surface area contributed by atoms with Crippen LogP contribution in [0.3, 0.4) is 0 Å². The first-order valence-electron chi connectivity index (χ1n) is 23.0. The van der Waals surface area contributed by atoms with Crippen LogP contribution >= 0.6 is 0 Å². The van der Waals surface area contributed by atoms with E-state index in [2.05, 4.69) is 256 Å². The molecule has 0 aromatic heterocycles. The molecule has 0 amide bonds. The molecule has 314 valence electrons. The second-order valence-electron chi connectivity index (χ2n) is 17.9. The minimum absolute atomic E-state index is 1.16. The summed E-state index contributed by atoms with van der Waals surface area (Å²) in [5, 5.41) is 14.7. The highest BCUT2D eigenvalue weighted by molar-refractivity contribution is 6.25. The van der Waals surface area contributed by atoms with Gasteiger partial charge >= 0.3 is 0 Å². The second-order valence-corrected chi connectivity index (χ2v) is 17.9. The van der Waals surface area contributed by atoms with Crippen molar-refractivity contribution in [2.24, 2.45) is 0 Å². The third-order valence-corrected chi connectivity index (χ3v) is 13.9. The Balaban J connectivity index is 1.21. The van der Waals surface area contributed by atoms with E-state index in [0.717, 1.165) is 11.4 Å². The van der Waals surface area contributed by atoms with Crippen molar-refractivity contribution < 1.29 is 0 Å². The molecule has 0 aliphatic rings. The maximum absolute atomic E-state index is 2.48. The number of nitrogens with zero attached hydrogens (tertiary/aromatic N) is 2. The zero-order valence-electron chi connectivity index (χ0n) is 37.7. The molecule has 0 radical (unpaired) electrons. The van der Waals surface area contributed by atoms with Crippen molar-refractivity contribution in [1.29, 1.82) is 0 Å². The zero-order chi connectivity index (χ0) is 44.5. The van der Waals surface area contributed by atoms with Crippen LogP contribution < -0.4 is 9.80 Å². The number of hydrogen-bond donors (Lipinski definition) is 0. The molecule has 0 unspecified atom stereocenters. The quantitative estimate of drug-likeness (QED) is 0.148. The third-order valence-electron chi connectivity index (χ3n) is 13.9. The van der Waals surface area contributed by atoms with Crippen LogP contribution in [0.15, 0.2) is 218 Å². The summed E-state index contributed by atoms with van der Waals surface area (Å²) in [7, 11) is 4.41. The van der Waals surface area contributed by atoms with Gasteiger partial charge < -0.3 is 9.80 Å². The number of hydrogen-bond acceptors (Lipinski definition) is 2. The fourth-order valence-electron chi connectivity index (χ4n) is 10.7. The molecule has 66 heavy (non-hydrogen) atoms. The zero-order valence-corrected chi connectivity index (χ0v) is 37.7. The molecule has 0 atom stereocenters. The van der Waals surface area contributed by atoms with Crippen LogP contribution in [0.25, 0.3) is 98.0 Å². The first-order chi connectivity index (χ1) is 32.4. The minimum Gasteiger partial charge on any atom is -0.344 e. The van der Waals surface area contributed by atoms with Gasteiger partial charge in [0, 0.05) is 47.0 Å². The van der Waals surface area contributed by atoms with Crippen molar-refractivity contribution in [1.82, 2.24) is 0 Å². The minimum atomic E-state index is 1.16. The highest BCUT2D eigenvalue weighted by Gasteiger charge is 2.23. The van der Waals surface area contributed by atoms with Gasteiger partial charge in [-0.3, -0.25) is 0 Å². The van der Waals surface area contributed by atoms with Crippen LogP contribution in [0.4, 0.5) is 22.7 Å². The Morgan fingerprint density at radius 1 is 0.258 bits per heavy atom.